The van der Waals surface area contributed by atoms with Gasteiger partial charge in [-0.1, -0.05) is 25.5 Å². The summed E-state index contributed by atoms with van der Waals surface area (Å²) < 4.78 is 5.78. The standard InChI is InChI=1S/C17H19BN3O6S.CH4/c19-17-20-12(8-28-17)15(22)21-6-10(7-21)27-13-2-1-9-3-4-18(25,26)5-11(9)14(13)16(23)24;/h1-2,8,10,25-26H,3-7H2,(H2,19,20)(H,23,24);1H4/q-1;/p-1. The molecule has 0 radical (unpaired) electrons. The average Bonchev–Trinajstić information content (AvgIpc) is 3.02. The summed E-state index contributed by atoms with van der Waals surface area (Å²) in [5.41, 5.74) is 6.76. The molecule has 11 heteroatoms. The van der Waals surface area contributed by atoms with Crippen LogP contribution in [-0.2, 0) is 12.7 Å². The van der Waals surface area contributed by atoms with Crippen LogP contribution in [0.15, 0.2) is 17.5 Å². The molecule has 0 spiro atoms. The van der Waals surface area contributed by atoms with Crippen LogP contribution in [0, 0.1) is 0 Å². The van der Waals surface area contributed by atoms with Crippen molar-refractivity contribution in [2.45, 2.75) is 32.6 Å². The molecule has 1 aromatic carbocycles. The zero-order chi connectivity index (χ0) is 20.1. The second-order valence-electron chi connectivity index (χ2n) is 7.26. The van der Waals surface area contributed by atoms with Crippen LogP contribution in [0.1, 0.15) is 39.4 Å². The van der Waals surface area contributed by atoms with E-state index in [0.717, 1.165) is 5.56 Å². The van der Waals surface area contributed by atoms with Gasteiger partial charge in [0, 0.05) is 10.9 Å². The molecular weight excluding hydrogens is 397 g/mol. The minimum atomic E-state index is -2.63. The molecule has 0 bridgehead atoms. The molecule has 9 nitrogen and oxygen atoms in total. The van der Waals surface area contributed by atoms with Gasteiger partial charge < -0.3 is 35.3 Å². The van der Waals surface area contributed by atoms with E-state index >= 15 is 0 Å². The van der Waals surface area contributed by atoms with Crippen LogP contribution in [-0.4, -0.2) is 57.6 Å². The van der Waals surface area contributed by atoms with Crippen molar-refractivity contribution in [2.24, 2.45) is 0 Å². The van der Waals surface area contributed by atoms with Crippen molar-refractivity contribution in [3.05, 3.63) is 39.9 Å². The second kappa shape index (κ2) is 7.66. The molecule has 1 saturated heterocycles. The Hall–Kier alpha value is -2.63. The number of anilines is 1. The number of aryl methyl sites for hydroxylation is 1. The van der Waals surface area contributed by atoms with Crippen molar-refractivity contribution in [3.63, 3.8) is 0 Å². The van der Waals surface area contributed by atoms with Gasteiger partial charge in [-0.15, -0.1) is 24.0 Å². The molecule has 3 heterocycles. The molecule has 2 aliphatic rings. The Kier molecular flexibility index (Phi) is 5.57. The molecule has 0 atom stereocenters. The molecule has 29 heavy (non-hydrogen) atoms. The van der Waals surface area contributed by atoms with Gasteiger partial charge in [0.2, 0.25) is 6.55 Å². The smallest absolute Gasteiger partial charge is 0.273 e. The number of carboxylic acid groups (broad SMARTS) is 1. The number of hydrogen-bond donors (Lipinski definition) is 3. The van der Waals surface area contributed by atoms with Gasteiger partial charge in [0.15, 0.2) is 5.13 Å². The van der Waals surface area contributed by atoms with E-state index in [4.69, 9.17) is 10.5 Å². The Morgan fingerprint density at radius 3 is 2.69 bits per heavy atom. The summed E-state index contributed by atoms with van der Waals surface area (Å²) in [6.07, 6.45) is 0.0561. The third-order valence-corrected chi connectivity index (χ3v) is 5.83. The van der Waals surface area contributed by atoms with E-state index in [2.05, 4.69) is 4.98 Å². The highest BCUT2D eigenvalue weighted by molar-refractivity contribution is 7.13. The predicted molar refractivity (Wildman–Crippen MR) is 107 cm³/mol. The third kappa shape index (κ3) is 4.07. The average molecular weight is 419 g/mol. The van der Waals surface area contributed by atoms with Crippen LogP contribution in [0.25, 0.3) is 0 Å². The summed E-state index contributed by atoms with van der Waals surface area (Å²) in [6.45, 7) is -2.06. The summed E-state index contributed by atoms with van der Waals surface area (Å²) in [5, 5.41) is 33.6. The van der Waals surface area contributed by atoms with E-state index in [1.54, 1.807) is 17.5 Å². The summed E-state index contributed by atoms with van der Waals surface area (Å²) in [4.78, 5) is 29.5. The van der Waals surface area contributed by atoms with Gasteiger partial charge >= 0.3 is 0 Å². The molecular formula is C18H22BN3O6S-2. The lowest BCUT2D eigenvalue weighted by atomic mass is 9.47. The molecule has 0 saturated carbocycles. The molecule has 1 fully saturated rings. The predicted octanol–water partition coefficient (Wildman–Crippen LogP) is -0.307. The highest BCUT2D eigenvalue weighted by atomic mass is 32.1. The second-order valence-corrected chi connectivity index (χ2v) is 8.15. The summed E-state index contributed by atoms with van der Waals surface area (Å²) in [7, 11) is 0. The van der Waals surface area contributed by atoms with Gasteiger partial charge in [0.1, 0.15) is 17.5 Å². The number of hydrogen-bond acceptors (Lipinski definition) is 9. The highest BCUT2D eigenvalue weighted by Gasteiger charge is 2.35. The van der Waals surface area contributed by atoms with Gasteiger partial charge in [-0.2, -0.15) is 0 Å². The maximum atomic E-state index is 12.3. The van der Waals surface area contributed by atoms with E-state index in [9.17, 15) is 24.7 Å². The van der Waals surface area contributed by atoms with E-state index in [-0.39, 0.29) is 62.2 Å². The van der Waals surface area contributed by atoms with E-state index in [0.29, 0.717) is 17.1 Å². The number of fused-ring (bicyclic) bond motifs is 1. The van der Waals surface area contributed by atoms with Gasteiger partial charge in [0.05, 0.1) is 19.1 Å². The number of aromatic carboxylic acids is 1. The first kappa shape index (κ1) is 21.1. The molecule has 4 N–H and O–H groups in total. The number of rotatable bonds is 4. The van der Waals surface area contributed by atoms with E-state index < -0.39 is 12.5 Å². The fraction of sp³-hybridized carbons (Fsp3) is 0.389. The molecule has 2 aromatic rings. The maximum absolute atomic E-state index is 12.3. The number of ether oxygens (including phenoxy) is 1. The van der Waals surface area contributed by atoms with Crippen LogP contribution < -0.4 is 15.6 Å². The lowest BCUT2D eigenvalue weighted by Crippen LogP contribution is -2.56. The Balaban J connectivity index is 0.00000240. The summed E-state index contributed by atoms with van der Waals surface area (Å²) >= 11 is 1.18. The van der Waals surface area contributed by atoms with E-state index in [1.807, 2.05) is 0 Å². The number of likely N-dealkylation sites (tertiary alicyclic amines) is 1. The number of amides is 1. The van der Waals surface area contributed by atoms with Crippen LogP contribution >= 0.6 is 11.3 Å². The fourth-order valence-corrected chi connectivity index (χ4v) is 4.22. The van der Waals surface area contributed by atoms with Gasteiger partial charge in [-0.3, -0.25) is 4.79 Å². The topological polar surface area (TPSA) is 149 Å². The molecule has 156 valence electrons. The van der Waals surface area contributed by atoms with Crippen LogP contribution in [0.3, 0.4) is 0 Å². The number of carboxylic acids is 1. The normalized spacial score (nSPS) is 17.7. The summed E-state index contributed by atoms with van der Waals surface area (Å²) in [5.74, 6) is -1.57. The van der Waals surface area contributed by atoms with Gasteiger partial charge in [0.25, 0.3) is 5.91 Å². The van der Waals surface area contributed by atoms with Crippen molar-refractivity contribution in [1.29, 1.82) is 0 Å². The molecule has 4 rings (SSSR count). The molecule has 1 amide bonds. The number of benzene rings is 1. The number of aromatic nitrogens is 1. The molecule has 2 aliphatic heterocycles. The SMILES string of the molecule is C.Nc1nc(C(=O)N2CC(Oc3ccc4c(c3C(=O)[O-])C[B-](O)(O)CC4)C2)cs1. The van der Waals surface area contributed by atoms with E-state index in [1.165, 1.54) is 16.2 Å². The first-order valence-electron chi connectivity index (χ1n) is 8.89. The fourth-order valence-electron chi connectivity index (χ4n) is 3.68. The number of carbonyl (C=O) groups excluding carboxylic acids is 2. The Labute approximate surface area is 171 Å². The zero-order valence-electron chi connectivity index (χ0n) is 14.8. The number of carbonyl (C=O) groups is 2. The third-order valence-electron chi connectivity index (χ3n) is 5.15. The van der Waals surface area contributed by atoms with Gasteiger partial charge in [-0.25, -0.2) is 4.98 Å². The quantitative estimate of drug-likeness (QED) is 0.572. The lowest BCUT2D eigenvalue weighted by Gasteiger charge is -2.40. The first-order chi connectivity index (χ1) is 13.2. The van der Waals surface area contributed by atoms with Crippen LogP contribution in [0.4, 0.5) is 5.13 Å². The first-order valence-corrected chi connectivity index (χ1v) is 9.77. The van der Waals surface area contributed by atoms with Crippen molar-refractivity contribution < 1.29 is 29.5 Å². The number of nitrogen functional groups attached to an aromatic ring is 1. The van der Waals surface area contributed by atoms with Gasteiger partial charge in [-0.05, 0) is 11.6 Å². The minimum Gasteiger partial charge on any atom is -0.583 e. The van der Waals surface area contributed by atoms with Crippen molar-refractivity contribution >= 4 is 34.9 Å². The van der Waals surface area contributed by atoms with Crippen molar-refractivity contribution in [2.75, 3.05) is 18.8 Å². The number of thiazole rings is 1. The Morgan fingerprint density at radius 1 is 1.34 bits per heavy atom. The largest absolute Gasteiger partial charge is 0.583 e. The lowest BCUT2D eigenvalue weighted by molar-refractivity contribution is -0.255. The monoisotopic (exact) mass is 419 g/mol. The Bertz CT molecular complexity index is 957. The number of nitrogens with two attached hydrogens (primary N) is 1. The Morgan fingerprint density at radius 2 is 2.07 bits per heavy atom. The molecule has 0 unspecified atom stereocenters. The van der Waals surface area contributed by atoms with Crippen LogP contribution in [0.5, 0.6) is 5.75 Å². The zero-order valence-corrected chi connectivity index (χ0v) is 15.6. The molecule has 1 aromatic heterocycles. The minimum absolute atomic E-state index is 0. The summed E-state index contributed by atoms with van der Waals surface area (Å²) in [6, 6.07) is 3.30. The highest BCUT2D eigenvalue weighted by Crippen LogP contribution is 2.34. The van der Waals surface area contributed by atoms with Crippen molar-refractivity contribution in [1.82, 2.24) is 9.88 Å². The maximum Gasteiger partial charge on any atom is 0.273 e. The van der Waals surface area contributed by atoms with Crippen LogP contribution in [0.2, 0.25) is 6.32 Å². The molecule has 0 aliphatic carbocycles. The number of nitrogens with zero attached hydrogens (tertiary/aromatic N) is 2. The van der Waals surface area contributed by atoms with Crippen molar-refractivity contribution in [3.8, 4) is 5.75 Å².